The molecule has 1 heterocycles. The van der Waals surface area contributed by atoms with E-state index in [0.29, 0.717) is 26.1 Å². The van der Waals surface area contributed by atoms with Crippen molar-refractivity contribution < 1.29 is 19.4 Å². The highest BCUT2D eigenvalue weighted by Gasteiger charge is 2.28. The summed E-state index contributed by atoms with van der Waals surface area (Å²) in [6.07, 6.45) is 0.953. The molecule has 0 aromatic heterocycles. The number of carbonyl (C=O) groups is 2. The molecule has 1 aromatic rings. The molecule has 0 spiro atoms. The highest BCUT2D eigenvalue weighted by atomic mass is 16.5. The molecular weight excluding hydrogens is 270 g/mol. The Morgan fingerprint density at radius 2 is 2.05 bits per heavy atom. The van der Waals surface area contributed by atoms with Crippen LogP contribution in [0.4, 0.5) is 0 Å². The van der Waals surface area contributed by atoms with E-state index in [9.17, 15) is 14.7 Å². The lowest BCUT2D eigenvalue weighted by Crippen LogP contribution is -2.45. The van der Waals surface area contributed by atoms with Gasteiger partial charge in [-0.1, -0.05) is 18.2 Å². The van der Waals surface area contributed by atoms with Crippen molar-refractivity contribution in [3.05, 3.63) is 34.9 Å². The average Bonchev–Trinajstić information content (AvgIpc) is 2.95. The van der Waals surface area contributed by atoms with E-state index in [1.807, 2.05) is 32.0 Å². The third-order valence-electron chi connectivity index (χ3n) is 3.97. The number of ether oxygens (including phenoxy) is 1. The van der Waals surface area contributed by atoms with Crippen molar-refractivity contribution in [1.82, 2.24) is 5.32 Å². The molecule has 2 atom stereocenters. The maximum Gasteiger partial charge on any atom is 0.326 e. The number of rotatable bonds is 5. The lowest BCUT2D eigenvalue weighted by atomic mass is 9.96. The molecule has 1 fully saturated rings. The molecule has 0 bridgehead atoms. The Hall–Kier alpha value is -1.88. The van der Waals surface area contributed by atoms with Gasteiger partial charge in [0.15, 0.2) is 0 Å². The van der Waals surface area contributed by atoms with Crippen molar-refractivity contribution in [3.8, 4) is 0 Å². The Morgan fingerprint density at radius 3 is 2.57 bits per heavy atom. The van der Waals surface area contributed by atoms with Gasteiger partial charge in [0.05, 0.1) is 12.5 Å². The van der Waals surface area contributed by atoms with E-state index in [1.165, 1.54) is 0 Å². The van der Waals surface area contributed by atoms with Crippen LogP contribution < -0.4 is 5.32 Å². The number of amides is 1. The van der Waals surface area contributed by atoms with E-state index in [4.69, 9.17) is 4.74 Å². The topological polar surface area (TPSA) is 75.6 Å². The van der Waals surface area contributed by atoms with Gasteiger partial charge in [-0.15, -0.1) is 0 Å². The number of aliphatic carboxylic acids is 1. The van der Waals surface area contributed by atoms with E-state index in [2.05, 4.69) is 5.32 Å². The van der Waals surface area contributed by atoms with Gasteiger partial charge >= 0.3 is 5.97 Å². The van der Waals surface area contributed by atoms with Gasteiger partial charge in [-0.25, -0.2) is 4.79 Å². The van der Waals surface area contributed by atoms with Crippen molar-refractivity contribution in [2.45, 2.75) is 32.7 Å². The largest absolute Gasteiger partial charge is 0.480 e. The maximum atomic E-state index is 12.1. The van der Waals surface area contributed by atoms with Crippen molar-refractivity contribution in [2.75, 3.05) is 13.2 Å². The molecule has 5 nitrogen and oxygen atoms in total. The second-order valence-electron chi connectivity index (χ2n) is 5.53. The van der Waals surface area contributed by atoms with E-state index < -0.39 is 12.0 Å². The fraction of sp³-hybridized carbons (Fsp3) is 0.500. The van der Waals surface area contributed by atoms with Gasteiger partial charge in [0.2, 0.25) is 5.91 Å². The van der Waals surface area contributed by atoms with Gasteiger partial charge in [0, 0.05) is 13.0 Å². The molecule has 0 saturated carbocycles. The quantitative estimate of drug-likeness (QED) is 0.861. The van der Waals surface area contributed by atoms with Crippen molar-refractivity contribution >= 4 is 11.9 Å². The SMILES string of the molecule is Cc1cccc(C)c1C[C@H](NC(=O)[C@H]1CCOC1)C(=O)O. The Balaban J connectivity index is 2.09. The molecular formula is C16H21NO4. The highest BCUT2D eigenvalue weighted by Crippen LogP contribution is 2.17. The molecule has 0 aliphatic carbocycles. The van der Waals surface area contributed by atoms with Crippen LogP contribution in [0, 0.1) is 19.8 Å². The first-order chi connectivity index (χ1) is 9.99. The molecule has 2 rings (SSSR count). The van der Waals surface area contributed by atoms with E-state index in [0.717, 1.165) is 16.7 Å². The van der Waals surface area contributed by atoms with E-state index in [-0.39, 0.29) is 11.8 Å². The minimum absolute atomic E-state index is 0.230. The normalized spacial score (nSPS) is 19.2. The average molecular weight is 291 g/mol. The summed E-state index contributed by atoms with van der Waals surface area (Å²) in [5, 5.41) is 12.0. The van der Waals surface area contributed by atoms with E-state index in [1.54, 1.807) is 0 Å². The van der Waals surface area contributed by atoms with Gasteiger partial charge in [0.25, 0.3) is 0 Å². The molecule has 1 amide bonds. The van der Waals surface area contributed by atoms with Crippen LogP contribution in [0.1, 0.15) is 23.1 Å². The first kappa shape index (κ1) is 15.5. The summed E-state index contributed by atoms with van der Waals surface area (Å²) < 4.78 is 5.17. The monoisotopic (exact) mass is 291 g/mol. The van der Waals surface area contributed by atoms with Crippen LogP contribution in [0.3, 0.4) is 0 Å². The zero-order chi connectivity index (χ0) is 15.4. The van der Waals surface area contributed by atoms with Crippen LogP contribution in [0.5, 0.6) is 0 Å². The molecule has 1 aromatic carbocycles. The molecule has 1 aliphatic heterocycles. The zero-order valence-corrected chi connectivity index (χ0v) is 12.4. The van der Waals surface area contributed by atoms with Crippen molar-refractivity contribution in [1.29, 1.82) is 0 Å². The molecule has 1 aliphatic rings. The first-order valence-corrected chi connectivity index (χ1v) is 7.15. The molecule has 0 unspecified atom stereocenters. The predicted octanol–water partition coefficient (Wildman–Crippen LogP) is 1.45. The Morgan fingerprint density at radius 1 is 1.38 bits per heavy atom. The Labute approximate surface area is 124 Å². The lowest BCUT2D eigenvalue weighted by molar-refractivity contribution is -0.142. The Kier molecular flexibility index (Phi) is 4.96. The number of hydrogen-bond donors (Lipinski definition) is 2. The summed E-state index contributed by atoms with van der Waals surface area (Å²) in [6, 6.07) is 4.94. The first-order valence-electron chi connectivity index (χ1n) is 7.15. The Bertz CT molecular complexity index is 515. The standard InChI is InChI=1S/C16H21NO4/c1-10-4-3-5-11(2)13(10)8-14(16(19)20)17-15(18)12-6-7-21-9-12/h3-5,12,14H,6-9H2,1-2H3,(H,17,18)(H,19,20)/t12-,14-/m0/s1. The van der Waals surface area contributed by atoms with Gasteiger partial charge in [-0.2, -0.15) is 0 Å². The van der Waals surface area contributed by atoms with Crippen molar-refractivity contribution in [3.63, 3.8) is 0 Å². The molecule has 0 radical (unpaired) electrons. The fourth-order valence-corrected chi connectivity index (χ4v) is 2.61. The number of benzene rings is 1. The van der Waals surface area contributed by atoms with Crippen LogP contribution >= 0.6 is 0 Å². The third-order valence-corrected chi connectivity index (χ3v) is 3.97. The molecule has 2 N–H and O–H groups in total. The number of carbonyl (C=O) groups excluding carboxylic acids is 1. The number of carboxylic acids is 1. The second kappa shape index (κ2) is 6.72. The summed E-state index contributed by atoms with van der Waals surface area (Å²) >= 11 is 0. The molecule has 5 heteroatoms. The summed E-state index contributed by atoms with van der Waals surface area (Å²) in [6.45, 7) is 4.84. The number of nitrogens with one attached hydrogen (secondary N) is 1. The summed E-state index contributed by atoms with van der Waals surface area (Å²) in [5.41, 5.74) is 3.06. The van der Waals surface area contributed by atoms with Crippen LogP contribution in [0.2, 0.25) is 0 Å². The minimum atomic E-state index is -1.01. The highest BCUT2D eigenvalue weighted by molar-refractivity contribution is 5.85. The number of hydrogen-bond acceptors (Lipinski definition) is 3. The summed E-state index contributed by atoms with van der Waals surface area (Å²) in [4.78, 5) is 23.5. The van der Waals surface area contributed by atoms with Crippen LogP contribution in [0.15, 0.2) is 18.2 Å². The van der Waals surface area contributed by atoms with Gasteiger partial charge in [-0.05, 0) is 37.0 Å². The maximum absolute atomic E-state index is 12.1. The zero-order valence-electron chi connectivity index (χ0n) is 12.4. The summed E-state index contributed by atoms with van der Waals surface area (Å²) in [7, 11) is 0. The summed E-state index contributed by atoms with van der Waals surface area (Å²) in [5.74, 6) is -1.47. The third kappa shape index (κ3) is 3.82. The fourth-order valence-electron chi connectivity index (χ4n) is 2.61. The van der Waals surface area contributed by atoms with Crippen LogP contribution in [0.25, 0.3) is 0 Å². The lowest BCUT2D eigenvalue weighted by Gasteiger charge is -2.19. The van der Waals surface area contributed by atoms with E-state index >= 15 is 0 Å². The predicted molar refractivity (Wildman–Crippen MR) is 78.1 cm³/mol. The van der Waals surface area contributed by atoms with Gasteiger partial charge in [0.1, 0.15) is 6.04 Å². The number of aryl methyl sites for hydroxylation is 2. The minimum Gasteiger partial charge on any atom is -0.480 e. The van der Waals surface area contributed by atoms with Gasteiger partial charge in [-0.3, -0.25) is 4.79 Å². The van der Waals surface area contributed by atoms with Crippen LogP contribution in [-0.2, 0) is 20.7 Å². The molecule has 114 valence electrons. The molecule has 21 heavy (non-hydrogen) atoms. The second-order valence-corrected chi connectivity index (χ2v) is 5.53. The van der Waals surface area contributed by atoms with Crippen LogP contribution in [-0.4, -0.2) is 36.2 Å². The van der Waals surface area contributed by atoms with Crippen molar-refractivity contribution in [2.24, 2.45) is 5.92 Å². The molecule has 1 saturated heterocycles. The number of carboxylic acid groups (broad SMARTS) is 1. The van der Waals surface area contributed by atoms with Gasteiger partial charge < -0.3 is 15.2 Å². The smallest absolute Gasteiger partial charge is 0.326 e.